The van der Waals surface area contributed by atoms with Crippen molar-refractivity contribution < 1.29 is 13.6 Å². The minimum absolute atomic E-state index is 0.106. The summed E-state index contributed by atoms with van der Waals surface area (Å²) in [7, 11) is 0. The highest BCUT2D eigenvalue weighted by Gasteiger charge is 2.23. The highest BCUT2D eigenvalue weighted by Crippen LogP contribution is 2.31. The normalized spacial score (nSPS) is 10.6. The highest BCUT2D eigenvalue weighted by molar-refractivity contribution is 9.10. The van der Waals surface area contributed by atoms with Crippen molar-refractivity contribution in [1.82, 2.24) is 4.98 Å². The van der Waals surface area contributed by atoms with Gasteiger partial charge in [0.1, 0.15) is 5.82 Å². The molecular formula is C7H6BrF2N3O. The van der Waals surface area contributed by atoms with Crippen molar-refractivity contribution in [3.05, 3.63) is 21.8 Å². The summed E-state index contributed by atoms with van der Waals surface area (Å²) in [5, 5.41) is 0. The number of hydrogen-bond acceptors (Lipinski definition) is 3. The number of nitrogen functional groups attached to an aromatic ring is 1. The second-order valence-electron chi connectivity index (χ2n) is 2.44. The molecule has 7 heteroatoms. The van der Waals surface area contributed by atoms with Gasteiger partial charge in [-0.2, -0.15) is 0 Å². The van der Waals surface area contributed by atoms with Crippen LogP contribution < -0.4 is 11.5 Å². The number of amides is 1. The number of carbonyl (C=O) groups excluding carboxylic acids is 1. The molecular weight excluding hydrogens is 260 g/mol. The Kier molecular flexibility index (Phi) is 3.00. The summed E-state index contributed by atoms with van der Waals surface area (Å²) in [6.07, 6.45) is -1.73. The first kappa shape index (κ1) is 10.8. The quantitative estimate of drug-likeness (QED) is 0.850. The zero-order chi connectivity index (χ0) is 10.9. The van der Waals surface area contributed by atoms with Gasteiger partial charge in [0.2, 0.25) is 0 Å². The second-order valence-corrected chi connectivity index (χ2v) is 3.30. The molecule has 0 saturated heterocycles. The van der Waals surface area contributed by atoms with E-state index in [0.29, 0.717) is 0 Å². The number of alkyl halides is 2. The topological polar surface area (TPSA) is 82.0 Å². The molecule has 1 rings (SSSR count). The molecule has 0 aliphatic heterocycles. The van der Waals surface area contributed by atoms with Gasteiger partial charge in [-0.15, -0.1) is 0 Å². The average Bonchev–Trinajstić information content (AvgIpc) is 2.07. The molecule has 0 aliphatic carbocycles. The predicted molar refractivity (Wildman–Crippen MR) is 49.8 cm³/mol. The minimum Gasteiger partial charge on any atom is -0.383 e. The molecule has 0 aliphatic rings. The van der Waals surface area contributed by atoms with E-state index in [-0.39, 0.29) is 10.0 Å². The van der Waals surface area contributed by atoms with Gasteiger partial charge in [0.05, 0.1) is 11.1 Å². The third-order valence-corrected chi connectivity index (χ3v) is 2.17. The first-order valence-electron chi connectivity index (χ1n) is 3.47. The number of carbonyl (C=O) groups is 1. The fourth-order valence-corrected chi connectivity index (χ4v) is 1.50. The number of hydrogen-bond donors (Lipinski definition) is 2. The van der Waals surface area contributed by atoms with Gasteiger partial charge in [0, 0.05) is 10.7 Å². The molecule has 0 aromatic carbocycles. The maximum atomic E-state index is 12.5. The standard InChI is InChI=1S/C7H6BrF2N3O/c8-2-1-13-6(11)4(5(9)10)3(2)7(12)14/h1,5H,(H2,11,13)(H2,12,14). The first-order chi connectivity index (χ1) is 6.45. The third-order valence-electron chi connectivity index (χ3n) is 1.57. The largest absolute Gasteiger partial charge is 0.383 e. The van der Waals surface area contributed by atoms with E-state index < -0.39 is 23.7 Å². The van der Waals surface area contributed by atoms with Crippen LogP contribution in [0.5, 0.6) is 0 Å². The molecule has 0 bridgehead atoms. The summed E-state index contributed by atoms with van der Waals surface area (Å²) in [6.45, 7) is 0. The van der Waals surface area contributed by atoms with Gasteiger partial charge in [-0.3, -0.25) is 4.79 Å². The average molecular weight is 266 g/mol. The summed E-state index contributed by atoms with van der Waals surface area (Å²) in [4.78, 5) is 14.4. The summed E-state index contributed by atoms with van der Waals surface area (Å²) < 4.78 is 25.1. The molecule has 0 spiro atoms. The van der Waals surface area contributed by atoms with Crippen molar-refractivity contribution >= 4 is 27.7 Å². The number of rotatable bonds is 2. The third kappa shape index (κ3) is 1.82. The monoisotopic (exact) mass is 265 g/mol. The molecule has 4 nitrogen and oxygen atoms in total. The van der Waals surface area contributed by atoms with Crippen molar-refractivity contribution in [2.45, 2.75) is 6.43 Å². The summed E-state index contributed by atoms with van der Waals surface area (Å²) in [5.41, 5.74) is 9.19. The first-order valence-corrected chi connectivity index (χ1v) is 4.26. The smallest absolute Gasteiger partial charge is 0.268 e. The van der Waals surface area contributed by atoms with Crippen LogP contribution >= 0.6 is 15.9 Å². The van der Waals surface area contributed by atoms with Crippen LogP contribution in [0.1, 0.15) is 22.3 Å². The van der Waals surface area contributed by atoms with Crippen molar-refractivity contribution in [1.29, 1.82) is 0 Å². The lowest BCUT2D eigenvalue weighted by molar-refractivity contribution is 0.0985. The summed E-state index contributed by atoms with van der Waals surface area (Å²) >= 11 is 2.90. The van der Waals surface area contributed by atoms with Crippen molar-refractivity contribution in [3.63, 3.8) is 0 Å². The van der Waals surface area contributed by atoms with Crippen LogP contribution in [-0.4, -0.2) is 10.9 Å². The van der Waals surface area contributed by atoms with Crippen molar-refractivity contribution in [3.8, 4) is 0 Å². The Morgan fingerprint density at radius 2 is 2.14 bits per heavy atom. The Labute approximate surface area is 86.4 Å². The zero-order valence-corrected chi connectivity index (χ0v) is 8.38. The van der Waals surface area contributed by atoms with Crippen LogP contribution in [0.4, 0.5) is 14.6 Å². The van der Waals surface area contributed by atoms with E-state index in [4.69, 9.17) is 11.5 Å². The second kappa shape index (κ2) is 3.87. The van der Waals surface area contributed by atoms with E-state index in [2.05, 4.69) is 20.9 Å². The zero-order valence-electron chi connectivity index (χ0n) is 6.80. The maximum absolute atomic E-state index is 12.5. The fourth-order valence-electron chi connectivity index (χ4n) is 0.988. The number of aromatic nitrogens is 1. The van der Waals surface area contributed by atoms with Crippen LogP contribution in [0.25, 0.3) is 0 Å². The molecule has 0 fully saturated rings. The lowest BCUT2D eigenvalue weighted by atomic mass is 10.1. The van der Waals surface area contributed by atoms with Gasteiger partial charge in [0.25, 0.3) is 12.3 Å². The van der Waals surface area contributed by atoms with Crippen LogP contribution in [0.15, 0.2) is 10.7 Å². The molecule has 76 valence electrons. The number of primary amides is 1. The molecule has 1 heterocycles. The van der Waals surface area contributed by atoms with E-state index >= 15 is 0 Å². The number of nitrogens with two attached hydrogens (primary N) is 2. The highest BCUT2D eigenvalue weighted by atomic mass is 79.9. The fraction of sp³-hybridized carbons (Fsp3) is 0.143. The molecule has 0 atom stereocenters. The molecule has 4 N–H and O–H groups in total. The molecule has 0 unspecified atom stereocenters. The number of anilines is 1. The lowest BCUT2D eigenvalue weighted by Gasteiger charge is -2.09. The van der Waals surface area contributed by atoms with E-state index in [0.717, 1.165) is 6.20 Å². The molecule has 14 heavy (non-hydrogen) atoms. The Balaban J connectivity index is 3.50. The SMILES string of the molecule is NC(=O)c1c(Br)cnc(N)c1C(F)F. The Morgan fingerprint density at radius 3 is 2.50 bits per heavy atom. The minimum atomic E-state index is -2.89. The number of nitrogens with zero attached hydrogens (tertiary/aromatic N) is 1. The van der Waals surface area contributed by atoms with E-state index in [1.54, 1.807) is 0 Å². The van der Waals surface area contributed by atoms with Crippen LogP contribution in [0.3, 0.4) is 0 Å². The van der Waals surface area contributed by atoms with E-state index in [1.165, 1.54) is 0 Å². The summed E-state index contributed by atoms with van der Waals surface area (Å²) in [6, 6.07) is 0. The number of pyridine rings is 1. The van der Waals surface area contributed by atoms with Crippen molar-refractivity contribution in [2.24, 2.45) is 5.73 Å². The Hall–Kier alpha value is -1.24. The summed E-state index contributed by atoms with van der Waals surface area (Å²) in [5.74, 6) is -1.36. The van der Waals surface area contributed by atoms with Gasteiger partial charge in [0.15, 0.2) is 0 Å². The van der Waals surface area contributed by atoms with Crippen LogP contribution in [0, 0.1) is 0 Å². The Morgan fingerprint density at radius 1 is 1.57 bits per heavy atom. The number of halogens is 3. The molecule has 1 aromatic rings. The van der Waals surface area contributed by atoms with Crippen molar-refractivity contribution in [2.75, 3.05) is 5.73 Å². The van der Waals surface area contributed by atoms with Gasteiger partial charge in [-0.25, -0.2) is 13.8 Å². The van der Waals surface area contributed by atoms with Crippen LogP contribution in [-0.2, 0) is 0 Å². The Bertz CT molecular complexity index is 383. The lowest BCUT2D eigenvalue weighted by Crippen LogP contribution is -2.17. The molecule has 0 radical (unpaired) electrons. The van der Waals surface area contributed by atoms with Gasteiger partial charge in [-0.05, 0) is 15.9 Å². The molecule has 0 saturated carbocycles. The van der Waals surface area contributed by atoms with E-state index in [1.807, 2.05) is 0 Å². The van der Waals surface area contributed by atoms with Gasteiger partial charge in [-0.1, -0.05) is 0 Å². The van der Waals surface area contributed by atoms with Gasteiger partial charge >= 0.3 is 0 Å². The predicted octanol–water partition coefficient (Wildman–Crippen LogP) is 1.46. The molecule has 1 aromatic heterocycles. The van der Waals surface area contributed by atoms with E-state index in [9.17, 15) is 13.6 Å². The maximum Gasteiger partial charge on any atom is 0.268 e. The van der Waals surface area contributed by atoms with Crippen LogP contribution in [0.2, 0.25) is 0 Å². The van der Waals surface area contributed by atoms with Gasteiger partial charge < -0.3 is 11.5 Å². The molecule has 1 amide bonds.